The van der Waals surface area contributed by atoms with Gasteiger partial charge in [0.1, 0.15) is 6.04 Å². The van der Waals surface area contributed by atoms with Crippen molar-refractivity contribution in [1.82, 2.24) is 14.9 Å². The molecule has 2 aromatic rings. The minimum Gasteiger partial charge on any atom is -0.480 e. The Kier molecular flexibility index (Phi) is 3.89. The van der Waals surface area contributed by atoms with Gasteiger partial charge >= 0.3 is 5.97 Å². The van der Waals surface area contributed by atoms with Crippen LogP contribution in [-0.2, 0) is 17.8 Å². The molecule has 3 rings (SSSR count). The topological polar surface area (TPSA) is 86.3 Å². The first kappa shape index (κ1) is 14.7. The average molecular weight is 435 g/mol. The van der Waals surface area contributed by atoms with Gasteiger partial charge in [-0.3, -0.25) is 4.79 Å². The molecule has 3 heterocycles. The highest BCUT2D eigenvalue weighted by Gasteiger charge is 2.36. The number of carboxylic acids is 1. The summed E-state index contributed by atoms with van der Waals surface area (Å²) in [6, 6.07) is 0.798. The van der Waals surface area contributed by atoms with E-state index in [0.717, 1.165) is 14.0 Å². The summed E-state index contributed by atoms with van der Waals surface area (Å²) in [5.41, 5.74) is 1.50. The summed E-state index contributed by atoms with van der Waals surface area (Å²) in [4.78, 5) is 33.0. The van der Waals surface area contributed by atoms with Gasteiger partial charge in [-0.2, -0.15) is 0 Å². The first-order chi connectivity index (χ1) is 9.97. The monoisotopic (exact) mass is 433 g/mol. The van der Waals surface area contributed by atoms with Crippen LogP contribution >= 0.6 is 43.2 Å². The molecule has 6 nitrogen and oxygen atoms in total. The van der Waals surface area contributed by atoms with Crippen molar-refractivity contribution >= 4 is 55.1 Å². The number of H-pyrrole nitrogens is 1. The van der Waals surface area contributed by atoms with Crippen molar-refractivity contribution in [2.45, 2.75) is 19.0 Å². The molecule has 0 bridgehead atoms. The van der Waals surface area contributed by atoms with Gasteiger partial charge in [0.25, 0.3) is 5.91 Å². The van der Waals surface area contributed by atoms with Gasteiger partial charge in [-0.25, -0.2) is 9.78 Å². The lowest BCUT2D eigenvalue weighted by atomic mass is 10.0. The number of thiophene rings is 1. The number of rotatable bonds is 2. The summed E-state index contributed by atoms with van der Waals surface area (Å²) >= 11 is 7.95. The number of carbonyl (C=O) groups is 2. The van der Waals surface area contributed by atoms with Gasteiger partial charge in [-0.15, -0.1) is 11.3 Å². The van der Waals surface area contributed by atoms with E-state index in [1.54, 1.807) is 6.07 Å². The molecular formula is C12H9Br2N3O3S. The first-order valence-electron chi connectivity index (χ1n) is 5.97. The van der Waals surface area contributed by atoms with Crippen molar-refractivity contribution in [2.75, 3.05) is 0 Å². The fourth-order valence-electron chi connectivity index (χ4n) is 2.26. The van der Waals surface area contributed by atoms with Crippen LogP contribution in [0.25, 0.3) is 0 Å². The quantitative estimate of drug-likeness (QED) is 0.760. The summed E-state index contributed by atoms with van der Waals surface area (Å²) < 4.78 is 1.58. The molecule has 1 aliphatic rings. The molecule has 0 aromatic carbocycles. The highest BCUT2D eigenvalue weighted by Crippen LogP contribution is 2.34. The minimum atomic E-state index is -1.02. The molecule has 1 atom stereocenters. The lowest BCUT2D eigenvalue weighted by molar-refractivity contribution is -0.142. The molecule has 110 valence electrons. The maximum atomic E-state index is 12.6. The van der Waals surface area contributed by atoms with E-state index in [9.17, 15) is 14.7 Å². The predicted molar refractivity (Wildman–Crippen MR) is 83.3 cm³/mol. The molecule has 21 heavy (non-hydrogen) atoms. The molecule has 0 saturated heterocycles. The normalized spacial score (nSPS) is 17.6. The Morgan fingerprint density at radius 1 is 1.48 bits per heavy atom. The molecule has 0 fully saturated rings. The van der Waals surface area contributed by atoms with Crippen LogP contribution in [0.3, 0.4) is 0 Å². The summed E-state index contributed by atoms with van der Waals surface area (Å²) in [6.45, 7) is 0.221. The fourth-order valence-corrected chi connectivity index (χ4v) is 4.26. The van der Waals surface area contributed by atoms with Crippen LogP contribution in [0, 0.1) is 0 Å². The number of imidazole rings is 1. The molecule has 1 unspecified atom stereocenters. The van der Waals surface area contributed by atoms with Gasteiger partial charge in [0, 0.05) is 10.9 Å². The third kappa shape index (κ3) is 2.65. The highest BCUT2D eigenvalue weighted by molar-refractivity contribution is 9.13. The third-order valence-electron chi connectivity index (χ3n) is 3.30. The molecular weight excluding hydrogens is 426 g/mol. The molecule has 2 N–H and O–H groups in total. The van der Waals surface area contributed by atoms with Crippen LogP contribution in [0.1, 0.15) is 21.1 Å². The second-order valence-corrected chi connectivity index (χ2v) is 7.78. The second kappa shape index (κ2) is 5.54. The maximum absolute atomic E-state index is 12.6. The number of fused-ring (bicyclic) bond motifs is 1. The molecule has 9 heteroatoms. The number of carboxylic acid groups (broad SMARTS) is 1. The number of nitrogens with zero attached hydrogens (tertiary/aromatic N) is 2. The number of amides is 1. The van der Waals surface area contributed by atoms with Gasteiger partial charge in [0.2, 0.25) is 0 Å². The lowest BCUT2D eigenvalue weighted by Crippen LogP contribution is -2.48. The molecule has 0 saturated carbocycles. The van der Waals surface area contributed by atoms with E-state index in [2.05, 4.69) is 41.8 Å². The fraction of sp³-hybridized carbons (Fsp3) is 0.250. The Labute approximate surface area is 140 Å². The van der Waals surface area contributed by atoms with E-state index in [1.165, 1.54) is 22.6 Å². The van der Waals surface area contributed by atoms with Gasteiger partial charge in [-0.05, 0) is 37.9 Å². The predicted octanol–water partition coefficient (Wildman–Crippen LogP) is 2.65. The number of halogens is 2. The summed E-state index contributed by atoms with van der Waals surface area (Å²) in [7, 11) is 0. The summed E-state index contributed by atoms with van der Waals surface area (Å²) in [5, 5.41) is 9.38. The number of aliphatic carboxylic acids is 1. The molecule has 1 aliphatic heterocycles. The van der Waals surface area contributed by atoms with Crippen LogP contribution in [0.2, 0.25) is 0 Å². The van der Waals surface area contributed by atoms with Gasteiger partial charge in [-0.1, -0.05) is 0 Å². The van der Waals surface area contributed by atoms with Crippen molar-refractivity contribution in [3.05, 3.63) is 36.9 Å². The smallest absolute Gasteiger partial charge is 0.326 e. The van der Waals surface area contributed by atoms with Crippen LogP contribution in [0.4, 0.5) is 0 Å². The van der Waals surface area contributed by atoms with Gasteiger partial charge in [0.05, 0.1) is 32.9 Å². The molecule has 1 amide bonds. The van der Waals surface area contributed by atoms with Crippen LogP contribution < -0.4 is 0 Å². The Bertz CT molecular complexity index is 708. The van der Waals surface area contributed by atoms with Crippen molar-refractivity contribution in [2.24, 2.45) is 0 Å². The summed E-state index contributed by atoms with van der Waals surface area (Å²) in [6.07, 6.45) is 1.74. The Morgan fingerprint density at radius 3 is 2.86 bits per heavy atom. The van der Waals surface area contributed by atoms with Crippen molar-refractivity contribution in [3.8, 4) is 0 Å². The van der Waals surface area contributed by atoms with Crippen LogP contribution in [0.15, 0.2) is 20.7 Å². The maximum Gasteiger partial charge on any atom is 0.326 e. The molecule has 0 radical (unpaired) electrons. The Hall–Kier alpha value is -1.19. The largest absolute Gasteiger partial charge is 0.480 e. The number of carbonyl (C=O) groups excluding carboxylic acids is 1. The highest BCUT2D eigenvalue weighted by atomic mass is 79.9. The van der Waals surface area contributed by atoms with E-state index in [4.69, 9.17) is 0 Å². The Balaban J connectivity index is 1.95. The van der Waals surface area contributed by atoms with Crippen molar-refractivity contribution in [3.63, 3.8) is 0 Å². The third-order valence-corrected chi connectivity index (χ3v) is 6.54. The zero-order valence-corrected chi connectivity index (χ0v) is 14.5. The standard InChI is InChI=1S/C12H9Br2N3O3S/c13-5-1-9(21-10(5)14)11(18)17-3-7-6(15-4-16-7)2-8(17)12(19)20/h1,4,8H,2-3H2,(H,15,16)(H,19,20). The lowest BCUT2D eigenvalue weighted by Gasteiger charge is -2.31. The average Bonchev–Trinajstić information content (AvgIpc) is 3.03. The number of hydrogen-bond acceptors (Lipinski definition) is 4. The first-order valence-corrected chi connectivity index (χ1v) is 8.37. The van der Waals surface area contributed by atoms with Crippen LogP contribution in [0.5, 0.6) is 0 Å². The minimum absolute atomic E-state index is 0.216. The van der Waals surface area contributed by atoms with Crippen molar-refractivity contribution in [1.29, 1.82) is 0 Å². The number of aromatic nitrogens is 2. The second-order valence-electron chi connectivity index (χ2n) is 4.55. The Morgan fingerprint density at radius 2 is 2.24 bits per heavy atom. The van der Waals surface area contributed by atoms with E-state index in [1.807, 2.05) is 0 Å². The molecule has 0 aliphatic carbocycles. The summed E-state index contributed by atoms with van der Waals surface area (Å²) in [5.74, 6) is -1.31. The van der Waals surface area contributed by atoms with E-state index >= 15 is 0 Å². The zero-order valence-electron chi connectivity index (χ0n) is 10.5. The van der Waals surface area contributed by atoms with Gasteiger partial charge in [0.15, 0.2) is 0 Å². The van der Waals surface area contributed by atoms with Crippen LogP contribution in [-0.4, -0.2) is 37.9 Å². The number of nitrogens with one attached hydrogen (secondary N) is 1. The van der Waals surface area contributed by atoms with E-state index in [0.29, 0.717) is 10.6 Å². The number of hydrogen-bond donors (Lipinski definition) is 2. The SMILES string of the molecule is O=C(O)C1Cc2nc[nH]c2CN1C(=O)c1cc(Br)c(Br)s1. The van der Waals surface area contributed by atoms with Crippen molar-refractivity contribution < 1.29 is 14.7 Å². The van der Waals surface area contributed by atoms with Gasteiger partial charge < -0.3 is 15.0 Å². The number of aromatic amines is 1. The van der Waals surface area contributed by atoms with E-state index in [-0.39, 0.29) is 18.9 Å². The zero-order chi connectivity index (χ0) is 15.1. The molecule has 0 spiro atoms. The molecule has 2 aromatic heterocycles. The van der Waals surface area contributed by atoms with E-state index < -0.39 is 12.0 Å².